The minimum absolute atomic E-state index is 0.0131. The molecule has 1 amide bonds. The fourth-order valence-electron chi connectivity index (χ4n) is 3.65. The molecule has 0 saturated carbocycles. The standard InChI is InChI=1S/C22H26ClN7O/c1-3-28-10-12-29(13-11-28)19-8-9-20(16(2)14-19)24-21(31)15-30-26-22(25-27-30)17-4-6-18(23)7-5-17/h4-9,14H,3,10-13,15H2,1-2H3,(H,24,31). The maximum atomic E-state index is 12.5. The number of anilines is 2. The van der Waals surface area contributed by atoms with Crippen molar-refractivity contribution >= 4 is 28.9 Å². The summed E-state index contributed by atoms with van der Waals surface area (Å²) in [6.07, 6.45) is 0. The number of carbonyl (C=O) groups is 1. The number of rotatable bonds is 6. The van der Waals surface area contributed by atoms with Crippen molar-refractivity contribution in [2.24, 2.45) is 0 Å². The van der Waals surface area contributed by atoms with Crippen LogP contribution in [0.3, 0.4) is 0 Å². The molecule has 1 aliphatic heterocycles. The number of aryl methyl sites for hydroxylation is 1. The summed E-state index contributed by atoms with van der Waals surface area (Å²) in [6.45, 7) is 9.49. The predicted octanol–water partition coefficient (Wildman–Crippen LogP) is 3.08. The molecule has 3 aromatic rings. The number of piperazine rings is 1. The first-order chi connectivity index (χ1) is 15.0. The van der Waals surface area contributed by atoms with Gasteiger partial charge in [-0.3, -0.25) is 4.79 Å². The van der Waals surface area contributed by atoms with E-state index in [1.807, 2.05) is 25.1 Å². The maximum Gasteiger partial charge on any atom is 0.248 e. The first-order valence-corrected chi connectivity index (χ1v) is 10.8. The smallest absolute Gasteiger partial charge is 0.248 e. The fourth-order valence-corrected chi connectivity index (χ4v) is 3.78. The average molecular weight is 440 g/mol. The van der Waals surface area contributed by atoms with Gasteiger partial charge in [-0.1, -0.05) is 18.5 Å². The molecule has 8 nitrogen and oxygen atoms in total. The number of likely N-dealkylation sites (N-methyl/N-ethyl adjacent to an activating group) is 1. The van der Waals surface area contributed by atoms with Gasteiger partial charge in [0, 0.05) is 48.1 Å². The first-order valence-electron chi connectivity index (χ1n) is 10.4. The highest BCUT2D eigenvalue weighted by molar-refractivity contribution is 6.30. The van der Waals surface area contributed by atoms with Gasteiger partial charge >= 0.3 is 0 Å². The summed E-state index contributed by atoms with van der Waals surface area (Å²) in [5.74, 6) is 0.251. The predicted molar refractivity (Wildman–Crippen MR) is 122 cm³/mol. The van der Waals surface area contributed by atoms with E-state index in [2.05, 4.69) is 49.6 Å². The van der Waals surface area contributed by atoms with Crippen molar-refractivity contribution < 1.29 is 4.79 Å². The summed E-state index contributed by atoms with van der Waals surface area (Å²) < 4.78 is 0. The van der Waals surface area contributed by atoms with Crippen molar-refractivity contribution in [3.63, 3.8) is 0 Å². The zero-order valence-electron chi connectivity index (χ0n) is 17.8. The van der Waals surface area contributed by atoms with Crippen LogP contribution in [0.15, 0.2) is 42.5 Å². The summed E-state index contributed by atoms with van der Waals surface area (Å²) in [7, 11) is 0. The Bertz CT molecular complexity index is 1040. The number of nitrogens with one attached hydrogen (secondary N) is 1. The van der Waals surface area contributed by atoms with Crippen molar-refractivity contribution in [3.05, 3.63) is 53.1 Å². The molecule has 4 rings (SSSR count). The van der Waals surface area contributed by atoms with Crippen LogP contribution < -0.4 is 10.2 Å². The molecule has 1 aliphatic rings. The molecule has 0 aliphatic carbocycles. The Morgan fingerprint density at radius 3 is 2.52 bits per heavy atom. The molecule has 2 heterocycles. The highest BCUT2D eigenvalue weighted by Gasteiger charge is 2.17. The van der Waals surface area contributed by atoms with Crippen molar-refractivity contribution in [2.75, 3.05) is 42.9 Å². The van der Waals surface area contributed by atoms with Gasteiger partial charge in [0.25, 0.3) is 0 Å². The van der Waals surface area contributed by atoms with Crippen LogP contribution in [0.4, 0.5) is 11.4 Å². The third-order valence-electron chi connectivity index (χ3n) is 5.51. The van der Waals surface area contributed by atoms with Crippen LogP contribution in [0, 0.1) is 6.92 Å². The van der Waals surface area contributed by atoms with Gasteiger partial charge in [-0.05, 0) is 66.7 Å². The van der Waals surface area contributed by atoms with E-state index >= 15 is 0 Å². The van der Waals surface area contributed by atoms with E-state index in [1.165, 1.54) is 10.5 Å². The van der Waals surface area contributed by atoms with E-state index in [4.69, 9.17) is 11.6 Å². The van der Waals surface area contributed by atoms with Gasteiger partial charge in [-0.25, -0.2) is 0 Å². The normalized spacial score (nSPS) is 14.6. The van der Waals surface area contributed by atoms with Crippen molar-refractivity contribution in [1.29, 1.82) is 0 Å². The summed E-state index contributed by atoms with van der Waals surface area (Å²) in [6, 6.07) is 13.3. The maximum absolute atomic E-state index is 12.5. The number of halogens is 1. The second-order valence-electron chi connectivity index (χ2n) is 7.62. The lowest BCUT2D eigenvalue weighted by Gasteiger charge is -2.35. The average Bonchev–Trinajstić information content (AvgIpc) is 3.24. The molecule has 9 heteroatoms. The number of carbonyl (C=O) groups excluding carboxylic acids is 1. The molecule has 1 aromatic heterocycles. The van der Waals surface area contributed by atoms with Crippen LogP contribution in [-0.2, 0) is 11.3 Å². The van der Waals surface area contributed by atoms with Gasteiger partial charge < -0.3 is 15.1 Å². The zero-order valence-corrected chi connectivity index (χ0v) is 18.5. The van der Waals surface area contributed by atoms with E-state index in [9.17, 15) is 4.79 Å². The first kappa shape index (κ1) is 21.3. The number of hydrogen-bond donors (Lipinski definition) is 1. The molecule has 1 saturated heterocycles. The molecule has 0 bridgehead atoms. The molecule has 0 unspecified atom stereocenters. The van der Waals surface area contributed by atoms with E-state index < -0.39 is 0 Å². The minimum atomic E-state index is -0.201. The van der Waals surface area contributed by atoms with Crippen LogP contribution in [0.25, 0.3) is 11.4 Å². The molecular formula is C22H26ClN7O. The summed E-state index contributed by atoms with van der Waals surface area (Å²) in [5, 5.41) is 15.9. The topological polar surface area (TPSA) is 79.2 Å². The third kappa shape index (κ3) is 5.21. The Morgan fingerprint density at radius 2 is 1.84 bits per heavy atom. The molecule has 162 valence electrons. The summed E-state index contributed by atoms with van der Waals surface area (Å²) >= 11 is 5.91. The van der Waals surface area contributed by atoms with Crippen molar-refractivity contribution in [2.45, 2.75) is 20.4 Å². The van der Waals surface area contributed by atoms with E-state index in [-0.39, 0.29) is 12.5 Å². The lowest BCUT2D eigenvalue weighted by atomic mass is 10.1. The fraction of sp³-hybridized carbons (Fsp3) is 0.364. The third-order valence-corrected chi connectivity index (χ3v) is 5.76. The van der Waals surface area contributed by atoms with Crippen LogP contribution in [0.1, 0.15) is 12.5 Å². The van der Waals surface area contributed by atoms with E-state index in [1.54, 1.807) is 12.1 Å². The van der Waals surface area contributed by atoms with Crippen molar-refractivity contribution in [3.8, 4) is 11.4 Å². The molecule has 0 atom stereocenters. The minimum Gasteiger partial charge on any atom is -0.369 e. The molecule has 0 spiro atoms. The molecule has 31 heavy (non-hydrogen) atoms. The van der Waals surface area contributed by atoms with Crippen LogP contribution in [-0.4, -0.2) is 63.7 Å². The molecule has 0 radical (unpaired) electrons. The number of amides is 1. The number of tetrazole rings is 1. The lowest BCUT2D eigenvalue weighted by molar-refractivity contribution is -0.117. The summed E-state index contributed by atoms with van der Waals surface area (Å²) in [5.41, 5.74) is 3.80. The van der Waals surface area contributed by atoms with Crippen LogP contribution in [0.5, 0.6) is 0 Å². The van der Waals surface area contributed by atoms with Crippen LogP contribution >= 0.6 is 11.6 Å². The van der Waals surface area contributed by atoms with E-state index in [0.29, 0.717) is 10.8 Å². The Kier molecular flexibility index (Phi) is 6.48. The monoisotopic (exact) mass is 439 g/mol. The molecule has 1 N–H and O–H groups in total. The van der Waals surface area contributed by atoms with E-state index in [0.717, 1.165) is 49.5 Å². The van der Waals surface area contributed by atoms with Gasteiger partial charge in [-0.2, -0.15) is 4.80 Å². The number of benzene rings is 2. The zero-order chi connectivity index (χ0) is 21.8. The molecule has 2 aromatic carbocycles. The quantitative estimate of drug-likeness (QED) is 0.635. The lowest BCUT2D eigenvalue weighted by Crippen LogP contribution is -2.46. The SMILES string of the molecule is CCN1CCN(c2ccc(NC(=O)Cn3nnc(-c4ccc(Cl)cc4)n3)c(C)c2)CC1. The Balaban J connectivity index is 1.36. The number of aromatic nitrogens is 4. The second kappa shape index (κ2) is 9.45. The van der Waals surface area contributed by atoms with Crippen LogP contribution in [0.2, 0.25) is 5.02 Å². The Morgan fingerprint density at radius 1 is 1.10 bits per heavy atom. The van der Waals surface area contributed by atoms with Gasteiger partial charge in [0.15, 0.2) is 0 Å². The van der Waals surface area contributed by atoms with Gasteiger partial charge in [0.1, 0.15) is 6.54 Å². The largest absolute Gasteiger partial charge is 0.369 e. The highest BCUT2D eigenvalue weighted by Crippen LogP contribution is 2.24. The molecule has 1 fully saturated rings. The van der Waals surface area contributed by atoms with Gasteiger partial charge in [0.2, 0.25) is 11.7 Å². The summed E-state index contributed by atoms with van der Waals surface area (Å²) in [4.78, 5) is 18.6. The van der Waals surface area contributed by atoms with Crippen molar-refractivity contribution in [1.82, 2.24) is 25.1 Å². The Hall–Kier alpha value is -2.97. The number of nitrogens with zero attached hydrogens (tertiary/aromatic N) is 6. The number of hydrogen-bond acceptors (Lipinski definition) is 6. The molecular weight excluding hydrogens is 414 g/mol. The highest BCUT2D eigenvalue weighted by atomic mass is 35.5. The Labute approximate surface area is 186 Å². The van der Waals surface area contributed by atoms with Gasteiger partial charge in [0.05, 0.1) is 0 Å². The van der Waals surface area contributed by atoms with Gasteiger partial charge in [-0.15, -0.1) is 10.2 Å². The second-order valence-corrected chi connectivity index (χ2v) is 8.06.